The molecule has 0 spiro atoms. The van der Waals surface area contributed by atoms with Gasteiger partial charge in [0, 0.05) is 28.2 Å². The van der Waals surface area contributed by atoms with Gasteiger partial charge in [0.2, 0.25) is 0 Å². The Morgan fingerprint density at radius 3 is 2.78 bits per heavy atom. The Hall–Kier alpha value is -2.13. The molecule has 0 saturated heterocycles. The zero-order valence-electron chi connectivity index (χ0n) is 9.24. The molecule has 88 valence electrons. The van der Waals surface area contributed by atoms with E-state index in [4.69, 9.17) is 11.6 Å². The van der Waals surface area contributed by atoms with E-state index in [0.29, 0.717) is 16.2 Å². The van der Waals surface area contributed by atoms with E-state index in [0.717, 1.165) is 10.9 Å². The maximum Gasteiger partial charge on any atom is 0.186 e. The third-order valence-electron chi connectivity index (χ3n) is 2.90. The van der Waals surface area contributed by atoms with Gasteiger partial charge >= 0.3 is 0 Å². The van der Waals surface area contributed by atoms with Crippen molar-refractivity contribution in [1.29, 1.82) is 0 Å². The lowest BCUT2D eigenvalue weighted by atomic mass is 9.96. The van der Waals surface area contributed by atoms with Crippen LogP contribution in [0.4, 0.5) is 0 Å². The molecule has 1 aromatic carbocycles. The van der Waals surface area contributed by atoms with Crippen LogP contribution in [0.3, 0.4) is 0 Å². The second-order valence-corrected chi connectivity index (χ2v) is 4.43. The maximum atomic E-state index is 11.8. The van der Waals surface area contributed by atoms with Crippen LogP contribution in [-0.4, -0.2) is 16.6 Å². The quantitative estimate of drug-likeness (QED) is 0.799. The maximum absolute atomic E-state index is 11.8. The number of carbonyl (C=O) groups is 2. The number of carbonyl (C=O) groups excluding carboxylic acids is 2. The fourth-order valence-electron chi connectivity index (χ4n) is 2.07. The molecule has 1 aliphatic carbocycles. The summed E-state index contributed by atoms with van der Waals surface area (Å²) < 4.78 is 0. The monoisotopic (exact) mass is 257 g/mol. The SMILES string of the molecule is O=C1C=CC(=O)C(c2c[nH]c3cccc(Cl)c23)=C1. The summed E-state index contributed by atoms with van der Waals surface area (Å²) in [6, 6.07) is 5.45. The van der Waals surface area contributed by atoms with Gasteiger partial charge < -0.3 is 4.98 Å². The van der Waals surface area contributed by atoms with Gasteiger partial charge in [-0.1, -0.05) is 17.7 Å². The van der Waals surface area contributed by atoms with Crippen LogP contribution >= 0.6 is 11.6 Å². The summed E-state index contributed by atoms with van der Waals surface area (Å²) in [4.78, 5) is 26.3. The number of nitrogens with one attached hydrogen (secondary N) is 1. The number of ketones is 2. The largest absolute Gasteiger partial charge is 0.360 e. The number of hydrogen-bond donors (Lipinski definition) is 1. The van der Waals surface area contributed by atoms with Crippen molar-refractivity contribution in [2.45, 2.75) is 0 Å². The van der Waals surface area contributed by atoms with Crippen LogP contribution in [0.5, 0.6) is 0 Å². The van der Waals surface area contributed by atoms with Gasteiger partial charge in [-0.05, 0) is 30.4 Å². The lowest BCUT2D eigenvalue weighted by Gasteiger charge is -2.06. The Bertz CT molecular complexity index is 737. The van der Waals surface area contributed by atoms with Gasteiger partial charge in [0.05, 0.1) is 5.02 Å². The predicted octanol–water partition coefficient (Wildman–Crippen LogP) is 2.91. The standard InChI is InChI=1S/C14H8ClNO2/c15-11-2-1-3-12-14(11)10(7-16-12)9-6-8(17)4-5-13(9)18/h1-7,16H. The van der Waals surface area contributed by atoms with E-state index < -0.39 is 0 Å². The Labute approximate surface area is 108 Å². The van der Waals surface area contributed by atoms with Crippen molar-refractivity contribution in [1.82, 2.24) is 4.98 Å². The van der Waals surface area contributed by atoms with Crippen molar-refractivity contribution in [3.05, 3.63) is 53.2 Å². The van der Waals surface area contributed by atoms with Crippen molar-refractivity contribution in [2.24, 2.45) is 0 Å². The molecule has 0 bridgehead atoms. The number of fused-ring (bicyclic) bond motifs is 1. The molecule has 0 radical (unpaired) electrons. The van der Waals surface area contributed by atoms with Crippen molar-refractivity contribution < 1.29 is 9.59 Å². The fourth-order valence-corrected chi connectivity index (χ4v) is 2.35. The average molecular weight is 258 g/mol. The van der Waals surface area contributed by atoms with E-state index in [-0.39, 0.29) is 11.6 Å². The van der Waals surface area contributed by atoms with Crippen LogP contribution in [0.2, 0.25) is 5.02 Å². The summed E-state index contributed by atoms with van der Waals surface area (Å²) >= 11 is 6.15. The first-order chi connectivity index (χ1) is 8.66. The van der Waals surface area contributed by atoms with Gasteiger partial charge in [0.1, 0.15) is 0 Å². The van der Waals surface area contributed by atoms with Gasteiger partial charge in [-0.25, -0.2) is 0 Å². The van der Waals surface area contributed by atoms with Gasteiger partial charge in [-0.2, -0.15) is 0 Å². The summed E-state index contributed by atoms with van der Waals surface area (Å²) in [5, 5.41) is 1.32. The predicted molar refractivity (Wildman–Crippen MR) is 70.4 cm³/mol. The second kappa shape index (κ2) is 3.96. The molecule has 0 atom stereocenters. The first-order valence-electron chi connectivity index (χ1n) is 5.41. The zero-order valence-corrected chi connectivity index (χ0v) is 9.99. The van der Waals surface area contributed by atoms with Crippen molar-refractivity contribution in [3.63, 3.8) is 0 Å². The van der Waals surface area contributed by atoms with Crippen LogP contribution in [-0.2, 0) is 9.59 Å². The molecule has 1 aliphatic rings. The Balaban J connectivity index is 2.27. The molecule has 0 fully saturated rings. The van der Waals surface area contributed by atoms with Crippen LogP contribution in [0.25, 0.3) is 16.5 Å². The highest BCUT2D eigenvalue weighted by molar-refractivity contribution is 6.39. The number of rotatable bonds is 1. The third kappa shape index (κ3) is 1.60. The summed E-state index contributed by atoms with van der Waals surface area (Å²) in [6.45, 7) is 0. The summed E-state index contributed by atoms with van der Waals surface area (Å²) in [5.74, 6) is -0.374. The van der Waals surface area contributed by atoms with E-state index in [2.05, 4.69) is 4.98 Å². The number of benzene rings is 1. The van der Waals surface area contributed by atoms with Gasteiger partial charge in [0.15, 0.2) is 11.6 Å². The molecule has 2 aromatic rings. The Morgan fingerprint density at radius 1 is 1.11 bits per heavy atom. The molecule has 3 rings (SSSR count). The highest BCUT2D eigenvalue weighted by Crippen LogP contribution is 2.32. The molecule has 1 heterocycles. The van der Waals surface area contributed by atoms with E-state index in [1.165, 1.54) is 18.2 Å². The number of aromatic amines is 1. The van der Waals surface area contributed by atoms with E-state index in [1.807, 2.05) is 12.1 Å². The van der Waals surface area contributed by atoms with Crippen molar-refractivity contribution in [2.75, 3.05) is 0 Å². The van der Waals surface area contributed by atoms with Gasteiger partial charge in [-0.15, -0.1) is 0 Å². The fraction of sp³-hybridized carbons (Fsp3) is 0. The lowest BCUT2D eigenvalue weighted by Crippen LogP contribution is -2.06. The molecule has 18 heavy (non-hydrogen) atoms. The van der Waals surface area contributed by atoms with E-state index >= 15 is 0 Å². The van der Waals surface area contributed by atoms with Crippen LogP contribution < -0.4 is 0 Å². The number of hydrogen-bond acceptors (Lipinski definition) is 2. The van der Waals surface area contributed by atoms with Gasteiger partial charge in [-0.3, -0.25) is 9.59 Å². The number of halogens is 1. The highest BCUT2D eigenvalue weighted by atomic mass is 35.5. The van der Waals surface area contributed by atoms with Crippen LogP contribution in [0.1, 0.15) is 5.56 Å². The molecule has 3 nitrogen and oxygen atoms in total. The summed E-state index contributed by atoms with van der Waals surface area (Å²) in [6.07, 6.45) is 5.59. The van der Waals surface area contributed by atoms with E-state index in [1.54, 1.807) is 12.3 Å². The minimum absolute atomic E-state index is 0.185. The Kier molecular flexibility index (Phi) is 2.42. The topological polar surface area (TPSA) is 49.9 Å². The number of allylic oxidation sites excluding steroid dienone is 4. The lowest BCUT2D eigenvalue weighted by molar-refractivity contribution is -0.113. The molecule has 0 amide bonds. The van der Waals surface area contributed by atoms with Gasteiger partial charge in [0.25, 0.3) is 0 Å². The molecular formula is C14H8ClNO2. The highest BCUT2D eigenvalue weighted by Gasteiger charge is 2.19. The summed E-state index contributed by atoms with van der Waals surface area (Å²) in [7, 11) is 0. The molecule has 4 heteroatoms. The zero-order chi connectivity index (χ0) is 12.7. The van der Waals surface area contributed by atoms with E-state index in [9.17, 15) is 9.59 Å². The summed E-state index contributed by atoms with van der Waals surface area (Å²) in [5.41, 5.74) is 1.88. The third-order valence-corrected chi connectivity index (χ3v) is 3.21. The van der Waals surface area contributed by atoms with Crippen LogP contribution in [0, 0.1) is 0 Å². The Morgan fingerprint density at radius 2 is 1.94 bits per heavy atom. The molecule has 1 aromatic heterocycles. The number of H-pyrrole nitrogens is 1. The minimum atomic E-state index is -0.189. The first-order valence-corrected chi connectivity index (χ1v) is 5.78. The first kappa shape index (κ1) is 11.0. The molecule has 0 saturated carbocycles. The van der Waals surface area contributed by atoms with Crippen molar-refractivity contribution >= 4 is 39.6 Å². The molecule has 0 unspecified atom stereocenters. The normalized spacial score (nSPS) is 15.3. The molecule has 0 aliphatic heterocycles. The average Bonchev–Trinajstić information content (AvgIpc) is 2.77. The molecular weight excluding hydrogens is 250 g/mol. The van der Waals surface area contributed by atoms with Crippen molar-refractivity contribution in [3.8, 4) is 0 Å². The minimum Gasteiger partial charge on any atom is -0.360 e. The van der Waals surface area contributed by atoms with Crippen LogP contribution in [0.15, 0.2) is 42.6 Å². The number of aromatic nitrogens is 1. The smallest absolute Gasteiger partial charge is 0.186 e. The molecule has 1 N–H and O–H groups in total. The second-order valence-electron chi connectivity index (χ2n) is 4.02.